The zero-order valence-electron chi connectivity index (χ0n) is 11.3. The third kappa shape index (κ3) is 3.15. The van der Waals surface area contributed by atoms with Gasteiger partial charge in [-0.2, -0.15) is 0 Å². The van der Waals surface area contributed by atoms with E-state index in [1.807, 2.05) is 17.9 Å². The van der Waals surface area contributed by atoms with E-state index in [2.05, 4.69) is 14.9 Å². The van der Waals surface area contributed by atoms with Gasteiger partial charge in [0.15, 0.2) is 0 Å². The maximum Gasteiger partial charge on any atom is 0.222 e. The predicted molar refractivity (Wildman–Crippen MR) is 79.3 cm³/mol. The summed E-state index contributed by atoms with van der Waals surface area (Å²) in [7, 11) is 0. The maximum absolute atomic E-state index is 11.6. The van der Waals surface area contributed by atoms with Crippen LogP contribution in [0.3, 0.4) is 0 Å². The molecule has 1 aliphatic rings. The molecule has 2 rings (SSSR count). The number of azide groups is 1. The molecule has 106 valence electrons. The van der Waals surface area contributed by atoms with Crippen LogP contribution in [0.4, 0.5) is 11.4 Å². The Kier molecular flexibility index (Phi) is 4.71. The van der Waals surface area contributed by atoms with Crippen molar-refractivity contribution in [3.05, 3.63) is 33.7 Å². The number of nitrogens with zero attached hydrogens (tertiary/aromatic N) is 5. The van der Waals surface area contributed by atoms with Gasteiger partial charge in [-0.15, -0.1) is 0 Å². The van der Waals surface area contributed by atoms with Crippen LogP contribution < -0.4 is 4.90 Å². The van der Waals surface area contributed by atoms with Crippen molar-refractivity contribution >= 4 is 28.9 Å². The molecule has 1 amide bonds. The molecule has 0 bridgehead atoms. The summed E-state index contributed by atoms with van der Waals surface area (Å²) in [5.41, 5.74) is 10.0. The molecule has 1 aromatic carbocycles. The van der Waals surface area contributed by atoms with Gasteiger partial charge in [0.25, 0.3) is 0 Å². The second-order valence-electron chi connectivity index (χ2n) is 4.54. The van der Waals surface area contributed by atoms with Crippen molar-refractivity contribution in [1.82, 2.24) is 4.90 Å². The van der Waals surface area contributed by atoms with Crippen LogP contribution in [-0.2, 0) is 4.79 Å². The second kappa shape index (κ2) is 6.50. The van der Waals surface area contributed by atoms with E-state index in [0.29, 0.717) is 30.2 Å². The fourth-order valence-corrected chi connectivity index (χ4v) is 2.48. The molecule has 0 aliphatic carbocycles. The lowest BCUT2D eigenvalue weighted by atomic mass is 10.2. The van der Waals surface area contributed by atoms with Crippen molar-refractivity contribution in [3.63, 3.8) is 0 Å². The summed E-state index contributed by atoms with van der Waals surface area (Å²) in [6.07, 6.45) is 0.533. The fraction of sp³-hybridized carbons (Fsp3) is 0.462. The van der Waals surface area contributed by atoms with Crippen LogP contribution in [0, 0.1) is 0 Å². The van der Waals surface area contributed by atoms with Crippen molar-refractivity contribution in [2.75, 3.05) is 31.1 Å². The van der Waals surface area contributed by atoms with Crippen molar-refractivity contribution in [2.45, 2.75) is 13.3 Å². The summed E-state index contributed by atoms with van der Waals surface area (Å²) in [6, 6.07) is 5.28. The molecule has 0 saturated carbocycles. The van der Waals surface area contributed by atoms with Gasteiger partial charge in [-0.25, -0.2) is 0 Å². The summed E-state index contributed by atoms with van der Waals surface area (Å²) in [6.45, 7) is 4.69. The van der Waals surface area contributed by atoms with Crippen molar-refractivity contribution in [1.29, 1.82) is 0 Å². The summed E-state index contributed by atoms with van der Waals surface area (Å²) >= 11 is 5.92. The van der Waals surface area contributed by atoms with Gasteiger partial charge in [-0.3, -0.25) is 4.79 Å². The van der Waals surface area contributed by atoms with Crippen molar-refractivity contribution in [3.8, 4) is 0 Å². The topological polar surface area (TPSA) is 72.3 Å². The van der Waals surface area contributed by atoms with E-state index < -0.39 is 0 Å². The van der Waals surface area contributed by atoms with Gasteiger partial charge in [-0.1, -0.05) is 23.6 Å². The molecule has 0 radical (unpaired) electrons. The van der Waals surface area contributed by atoms with Crippen LogP contribution in [0.15, 0.2) is 23.3 Å². The molecule has 0 unspecified atom stereocenters. The van der Waals surface area contributed by atoms with Gasteiger partial charge in [0.2, 0.25) is 5.91 Å². The first-order valence-electron chi connectivity index (χ1n) is 6.53. The largest absolute Gasteiger partial charge is 0.368 e. The highest BCUT2D eigenvalue weighted by atomic mass is 35.5. The van der Waals surface area contributed by atoms with E-state index in [1.54, 1.807) is 12.1 Å². The SMILES string of the molecule is CCC(=O)N1CCN(c2ccc(Cl)cc2N=[N+]=[N-])CC1. The number of hydrogen-bond donors (Lipinski definition) is 0. The van der Waals surface area contributed by atoms with E-state index in [0.717, 1.165) is 18.8 Å². The Labute approximate surface area is 122 Å². The molecule has 1 heterocycles. The van der Waals surface area contributed by atoms with Crippen LogP contribution in [0.2, 0.25) is 5.02 Å². The smallest absolute Gasteiger partial charge is 0.222 e. The molecule has 0 spiro atoms. The number of piperazine rings is 1. The number of carbonyl (C=O) groups excluding carboxylic acids is 1. The predicted octanol–water partition coefficient (Wildman–Crippen LogP) is 3.34. The maximum atomic E-state index is 11.6. The Bertz CT molecular complexity index is 548. The van der Waals surface area contributed by atoms with Gasteiger partial charge in [0, 0.05) is 48.2 Å². The number of halogens is 1. The second-order valence-corrected chi connectivity index (χ2v) is 4.98. The van der Waals surface area contributed by atoms with E-state index >= 15 is 0 Å². The number of anilines is 1. The van der Waals surface area contributed by atoms with Crippen molar-refractivity contribution < 1.29 is 4.79 Å². The molecule has 0 atom stereocenters. The van der Waals surface area contributed by atoms with Gasteiger partial charge in [0.05, 0.1) is 5.69 Å². The molecule has 1 fully saturated rings. The average molecular weight is 294 g/mol. The molecule has 0 aromatic heterocycles. The Morgan fingerprint density at radius 1 is 1.40 bits per heavy atom. The summed E-state index contributed by atoms with van der Waals surface area (Å²) in [5, 5.41) is 4.22. The highest BCUT2D eigenvalue weighted by Crippen LogP contribution is 2.32. The molecular weight excluding hydrogens is 278 g/mol. The van der Waals surface area contributed by atoms with Gasteiger partial charge < -0.3 is 9.80 Å². The normalized spacial score (nSPS) is 14.9. The van der Waals surface area contributed by atoms with Crippen LogP contribution in [-0.4, -0.2) is 37.0 Å². The van der Waals surface area contributed by atoms with Gasteiger partial charge in [-0.05, 0) is 23.7 Å². The Hall–Kier alpha value is -1.91. The minimum absolute atomic E-state index is 0.177. The Balaban J connectivity index is 2.14. The zero-order valence-corrected chi connectivity index (χ0v) is 12.0. The molecule has 20 heavy (non-hydrogen) atoms. The summed E-state index contributed by atoms with van der Waals surface area (Å²) < 4.78 is 0. The first-order valence-corrected chi connectivity index (χ1v) is 6.91. The highest BCUT2D eigenvalue weighted by Gasteiger charge is 2.21. The van der Waals surface area contributed by atoms with Gasteiger partial charge >= 0.3 is 0 Å². The Morgan fingerprint density at radius 2 is 2.10 bits per heavy atom. The van der Waals surface area contributed by atoms with E-state index in [1.165, 1.54) is 0 Å². The van der Waals surface area contributed by atoms with Crippen LogP contribution >= 0.6 is 11.6 Å². The first-order chi connectivity index (χ1) is 9.65. The lowest BCUT2D eigenvalue weighted by molar-refractivity contribution is -0.131. The molecule has 1 aliphatic heterocycles. The summed E-state index contributed by atoms with van der Waals surface area (Å²) in [5.74, 6) is 0.177. The van der Waals surface area contributed by atoms with E-state index in [4.69, 9.17) is 17.1 Å². The van der Waals surface area contributed by atoms with E-state index in [-0.39, 0.29) is 5.91 Å². The number of benzene rings is 1. The molecule has 0 N–H and O–H groups in total. The molecular formula is C13H16ClN5O. The van der Waals surface area contributed by atoms with Crippen LogP contribution in [0.25, 0.3) is 10.4 Å². The number of amides is 1. The molecule has 6 nitrogen and oxygen atoms in total. The number of carbonyl (C=O) groups is 1. The highest BCUT2D eigenvalue weighted by molar-refractivity contribution is 6.31. The Morgan fingerprint density at radius 3 is 2.70 bits per heavy atom. The molecule has 1 aromatic rings. The monoisotopic (exact) mass is 293 g/mol. The number of hydrogen-bond acceptors (Lipinski definition) is 3. The average Bonchev–Trinajstić information content (AvgIpc) is 2.47. The minimum atomic E-state index is 0.177. The third-order valence-corrected chi connectivity index (χ3v) is 3.60. The zero-order chi connectivity index (χ0) is 14.5. The molecule has 1 saturated heterocycles. The lowest BCUT2D eigenvalue weighted by Gasteiger charge is -2.36. The van der Waals surface area contributed by atoms with Crippen molar-refractivity contribution in [2.24, 2.45) is 5.11 Å². The first kappa shape index (κ1) is 14.5. The minimum Gasteiger partial charge on any atom is -0.368 e. The standard InChI is InChI=1S/C13H16ClN5O/c1-2-13(20)19-7-5-18(6-8-19)12-4-3-10(14)9-11(12)16-17-15/h3-4,9H,2,5-8H2,1H3. The third-order valence-electron chi connectivity index (χ3n) is 3.37. The number of rotatable bonds is 3. The summed E-state index contributed by atoms with van der Waals surface area (Å²) in [4.78, 5) is 18.5. The quantitative estimate of drug-likeness (QED) is 0.487. The van der Waals surface area contributed by atoms with Crippen LogP contribution in [0.5, 0.6) is 0 Å². The fourth-order valence-electron chi connectivity index (χ4n) is 2.31. The molecule has 7 heteroatoms. The van der Waals surface area contributed by atoms with Crippen LogP contribution in [0.1, 0.15) is 13.3 Å². The lowest BCUT2D eigenvalue weighted by Crippen LogP contribution is -2.48. The van der Waals surface area contributed by atoms with Gasteiger partial charge in [0.1, 0.15) is 0 Å². The van der Waals surface area contributed by atoms with E-state index in [9.17, 15) is 4.79 Å².